The predicted octanol–water partition coefficient (Wildman–Crippen LogP) is 4.97. The molecule has 0 spiro atoms. The van der Waals surface area contributed by atoms with Crippen molar-refractivity contribution < 1.29 is 23.0 Å². The minimum Gasteiger partial charge on any atom is -0.492 e. The van der Waals surface area contributed by atoms with Crippen molar-refractivity contribution in [2.24, 2.45) is 0 Å². The fourth-order valence-corrected chi connectivity index (χ4v) is 4.26. The van der Waals surface area contributed by atoms with Gasteiger partial charge in [0.2, 0.25) is 0 Å². The van der Waals surface area contributed by atoms with E-state index < -0.39 is 17.6 Å². The summed E-state index contributed by atoms with van der Waals surface area (Å²) >= 11 is 0. The third kappa shape index (κ3) is 5.30. The smallest absolute Gasteiger partial charge is 0.341 e. The van der Waals surface area contributed by atoms with Gasteiger partial charge in [0.05, 0.1) is 35.8 Å². The van der Waals surface area contributed by atoms with E-state index in [0.717, 1.165) is 50.5 Å². The maximum Gasteiger partial charge on any atom is 0.341 e. The van der Waals surface area contributed by atoms with Crippen LogP contribution >= 0.6 is 0 Å². The van der Waals surface area contributed by atoms with Gasteiger partial charge in [0.25, 0.3) is 0 Å². The summed E-state index contributed by atoms with van der Waals surface area (Å²) in [4.78, 5) is 21.9. The van der Waals surface area contributed by atoms with E-state index in [1.54, 1.807) is 6.92 Å². The van der Waals surface area contributed by atoms with Crippen LogP contribution < -0.4 is 15.0 Å². The van der Waals surface area contributed by atoms with E-state index in [-0.39, 0.29) is 17.9 Å². The number of ether oxygens (including phenoxy) is 2. The van der Waals surface area contributed by atoms with Crippen LogP contribution in [0.3, 0.4) is 0 Å². The van der Waals surface area contributed by atoms with E-state index >= 15 is 0 Å². The third-order valence-corrected chi connectivity index (χ3v) is 6.09. The first-order valence-electron chi connectivity index (χ1n) is 11.9. The Labute approximate surface area is 203 Å². The van der Waals surface area contributed by atoms with Gasteiger partial charge in [0, 0.05) is 43.8 Å². The highest BCUT2D eigenvalue weighted by atomic mass is 19.1. The molecule has 1 aromatic heterocycles. The Balaban J connectivity index is 1.84. The van der Waals surface area contributed by atoms with Crippen LogP contribution in [0.2, 0.25) is 0 Å². The molecular weight excluding hydrogens is 454 g/mol. The highest BCUT2D eigenvalue weighted by Gasteiger charge is 2.23. The summed E-state index contributed by atoms with van der Waals surface area (Å²) in [5.74, 6) is -1.41. The summed E-state index contributed by atoms with van der Waals surface area (Å²) in [6.07, 6.45) is 1.42. The Kier molecular flexibility index (Phi) is 7.65. The molecule has 1 saturated heterocycles. The molecule has 1 aliphatic rings. The maximum atomic E-state index is 14.5. The van der Waals surface area contributed by atoms with Crippen LogP contribution in [0.1, 0.15) is 31.1 Å². The number of hydrogen-bond donors (Lipinski definition) is 1. The van der Waals surface area contributed by atoms with Gasteiger partial charge in [-0.05, 0) is 44.7 Å². The van der Waals surface area contributed by atoms with Crippen LogP contribution in [0.15, 0.2) is 36.5 Å². The highest BCUT2D eigenvalue weighted by Crippen LogP contribution is 2.39. The summed E-state index contributed by atoms with van der Waals surface area (Å²) in [6.45, 7) is 11.0. The molecule has 2 aromatic carbocycles. The lowest BCUT2D eigenvalue weighted by Gasteiger charge is -2.36. The zero-order valence-corrected chi connectivity index (χ0v) is 20.2. The van der Waals surface area contributed by atoms with Crippen LogP contribution in [0.25, 0.3) is 10.9 Å². The van der Waals surface area contributed by atoms with Crippen LogP contribution in [-0.2, 0) is 4.74 Å². The third-order valence-electron chi connectivity index (χ3n) is 6.09. The monoisotopic (exact) mass is 484 g/mol. The lowest BCUT2D eigenvalue weighted by molar-refractivity contribution is 0.0527. The minimum absolute atomic E-state index is 0.0298. The zero-order chi connectivity index (χ0) is 24.9. The molecule has 0 amide bonds. The van der Waals surface area contributed by atoms with Gasteiger partial charge < -0.3 is 24.6 Å². The van der Waals surface area contributed by atoms with E-state index in [4.69, 9.17) is 9.47 Å². The van der Waals surface area contributed by atoms with Gasteiger partial charge in [-0.1, -0.05) is 6.92 Å². The first-order valence-corrected chi connectivity index (χ1v) is 11.9. The molecule has 0 bridgehead atoms. The second kappa shape index (κ2) is 10.9. The van der Waals surface area contributed by atoms with E-state index in [1.165, 1.54) is 12.3 Å². The summed E-state index contributed by atoms with van der Waals surface area (Å²) in [6, 6.07) is 6.98. The van der Waals surface area contributed by atoms with Crippen LogP contribution in [0.4, 0.5) is 25.8 Å². The number of piperazine rings is 1. The Morgan fingerprint density at radius 3 is 2.49 bits per heavy atom. The molecule has 0 atom stereocenters. The molecule has 1 N–H and O–H groups in total. The number of carbonyl (C=O) groups excluding carboxylic acids is 1. The number of benzene rings is 2. The lowest BCUT2D eigenvalue weighted by atomic mass is 10.1. The molecule has 3 aromatic rings. The molecule has 1 fully saturated rings. The number of carbonyl (C=O) groups is 1. The quantitative estimate of drug-likeness (QED) is 0.453. The van der Waals surface area contributed by atoms with Crippen molar-refractivity contribution in [3.63, 3.8) is 0 Å². The largest absolute Gasteiger partial charge is 0.492 e. The van der Waals surface area contributed by atoms with Crippen LogP contribution in [-0.4, -0.2) is 61.8 Å². The van der Waals surface area contributed by atoms with Gasteiger partial charge in [-0.15, -0.1) is 0 Å². The number of fused-ring (bicyclic) bond motifs is 1. The lowest BCUT2D eigenvalue weighted by Crippen LogP contribution is -2.46. The average Bonchev–Trinajstić information content (AvgIpc) is 2.86. The number of nitrogens with one attached hydrogen (secondary N) is 1. The molecule has 0 aliphatic carbocycles. The molecule has 1 aliphatic heterocycles. The van der Waals surface area contributed by atoms with Crippen molar-refractivity contribution in [2.45, 2.75) is 20.8 Å². The Bertz CT molecular complexity index is 1210. The predicted molar refractivity (Wildman–Crippen MR) is 133 cm³/mol. The molecule has 9 heteroatoms. The second-order valence-corrected chi connectivity index (χ2v) is 8.21. The fourth-order valence-electron chi connectivity index (χ4n) is 4.26. The number of hydrogen-bond acceptors (Lipinski definition) is 7. The van der Waals surface area contributed by atoms with Crippen molar-refractivity contribution >= 4 is 33.9 Å². The average molecular weight is 485 g/mol. The molecule has 35 heavy (non-hydrogen) atoms. The molecular formula is C26H30F2N4O3. The standard InChI is InChI=1S/C26H30F2N4O3/c1-4-31-9-11-32(12-10-31)23-15-22-18(14-24(23)34-5-2)25(19(16-29-22)26(33)35-6-3)30-21-8-7-17(27)13-20(21)28/h7-8,13-16H,4-6,9-12H2,1-3H3,(H,29,30). The van der Waals surface area contributed by atoms with Crippen molar-refractivity contribution in [1.82, 2.24) is 9.88 Å². The SMILES string of the molecule is CCOC(=O)c1cnc2cc(N3CCN(CC)CC3)c(OCC)cc2c1Nc1ccc(F)cc1F. The molecule has 0 radical (unpaired) electrons. The van der Waals surface area contributed by atoms with Crippen molar-refractivity contribution in [2.75, 3.05) is 56.2 Å². The summed E-state index contributed by atoms with van der Waals surface area (Å²) in [5.41, 5.74) is 2.03. The molecule has 7 nitrogen and oxygen atoms in total. The first-order chi connectivity index (χ1) is 16.9. The minimum atomic E-state index is -0.778. The Hall–Kier alpha value is -3.46. The van der Waals surface area contributed by atoms with E-state index in [2.05, 4.69) is 27.0 Å². The van der Waals surface area contributed by atoms with Gasteiger partial charge in [-0.2, -0.15) is 0 Å². The number of esters is 1. The fraction of sp³-hybridized carbons (Fsp3) is 0.385. The summed E-state index contributed by atoms with van der Waals surface area (Å²) < 4.78 is 39.2. The van der Waals surface area contributed by atoms with Crippen LogP contribution in [0, 0.1) is 11.6 Å². The topological polar surface area (TPSA) is 66.9 Å². The van der Waals surface area contributed by atoms with Gasteiger partial charge in [0.1, 0.15) is 22.9 Å². The number of likely N-dealkylation sites (N-methyl/N-ethyl adjacent to an activating group) is 1. The number of nitrogens with zero attached hydrogens (tertiary/aromatic N) is 3. The highest BCUT2D eigenvalue weighted by molar-refractivity contribution is 6.07. The molecule has 2 heterocycles. The van der Waals surface area contributed by atoms with Crippen molar-refractivity contribution in [3.05, 3.63) is 53.7 Å². The molecule has 0 saturated carbocycles. The Morgan fingerprint density at radius 1 is 1.06 bits per heavy atom. The van der Waals surface area contributed by atoms with Crippen molar-refractivity contribution in [1.29, 1.82) is 0 Å². The maximum absolute atomic E-state index is 14.5. The van der Waals surface area contributed by atoms with Gasteiger partial charge in [0.15, 0.2) is 0 Å². The van der Waals surface area contributed by atoms with Gasteiger partial charge in [-0.3, -0.25) is 4.98 Å². The normalized spacial score (nSPS) is 14.3. The number of anilines is 3. The molecule has 0 unspecified atom stereocenters. The van der Waals surface area contributed by atoms with Crippen LogP contribution in [0.5, 0.6) is 5.75 Å². The van der Waals surface area contributed by atoms with E-state index in [1.807, 2.05) is 19.1 Å². The number of aromatic nitrogens is 1. The Morgan fingerprint density at radius 2 is 1.83 bits per heavy atom. The number of halogens is 2. The molecule has 4 rings (SSSR count). The summed E-state index contributed by atoms with van der Waals surface area (Å²) in [7, 11) is 0. The summed E-state index contributed by atoms with van der Waals surface area (Å²) in [5, 5.41) is 3.54. The van der Waals surface area contributed by atoms with Gasteiger partial charge >= 0.3 is 5.97 Å². The number of rotatable bonds is 8. The van der Waals surface area contributed by atoms with Gasteiger partial charge in [-0.25, -0.2) is 13.6 Å². The zero-order valence-electron chi connectivity index (χ0n) is 20.2. The number of pyridine rings is 1. The van der Waals surface area contributed by atoms with E-state index in [0.29, 0.717) is 28.9 Å². The first kappa shape index (κ1) is 24.7. The van der Waals surface area contributed by atoms with E-state index in [9.17, 15) is 13.6 Å². The second-order valence-electron chi connectivity index (χ2n) is 8.21. The van der Waals surface area contributed by atoms with Crippen molar-refractivity contribution in [3.8, 4) is 5.75 Å². The molecule has 186 valence electrons.